The number of allylic oxidation sites excluding steroid dienone is 12. The smallest absolute Gasteiger partial charge is 0.306 e. The highest BCUT2D eigenvalue weighted by molar-refractivity contribution is 5.70. The molecule has 0 saturated heterocycles. The summed E-state index contributed by atoms with van der Waals surface area (Å²) in [6.45, 7) is 7.62. The molecular weight excluding hydrogens is 813 g/mol. The van der Waals surface area contributed by atoms with Crippen LogP contribution in [0.2, 0.25) is 0 Å². The fourth-order valence-corrected chi connectivity index (χ4v) is 8.07. The summed E-state index contributed by atoms with van der Waals surface area (Å²) in [7, 11) is 0. The maximum absolute atomic E-state index is 12.8. The molecule has 0 heterocycles. The van der Waals surface area contributed by atoms with Crippen LogP contribution in [0.1, 0.15) is 278 Å². The number of carbonyl (C=O) groups excluding carboxylic acids is 2. The van der Waals surface area contributed by atoms with Crippen molar-refractivity contribution < 1.29 is 23.8 Å². The molecule has 0 aliphatic carbocycles. The van der Waals surface area contributed by atoms with Crippen molar-refractivity contribution >= 4 is 11.9 Å². The Morgan fingerprint density at radius 1 is 0.348 bits per heavy atom. The molecule has 0 saturated carbocycles. The first kappa shape index (κ1) is 63.3. The summed E-state index contributed by atoms with van der Waals surface area (Å²) in [5.74, 6) is -0.419. The molecule has 0 spiro atoms. The van der Waals surface area contributed by atoms with Crippen LogP contribution in [0.25, 0.3) is 0 Å². The van der Waals surface area contributed by atoms with Crippen LogP contribution in [-0.4, -0.2) is 37.9 Å². The van der Waals surface area contributed by atoms with Gasteiger partial charge in [-0.25, -0.2) is 0 Å². The van der Waals surface area contributed by atoms with Crippen LogP contribution in [0.5, 0.6) is 0 Å². The number of hydrogen-bond donors (Lipinski definition) is 0. The molecule has 0 aromatic heterocycles. The molecule has 5 nitrogen and oxygen atoms in total. The molecule has 0 aromatic rings. The van der Waals surface area contributed by atoms with Gasteiger partial charge >= 0.3 is 11.9 Å². The van der Waals surface area contributed by atoms with E-state index in [4.69, 9.17) is 14.2 Å². The van der Waals surface area contributed by atoms with Crippen molar-refractivity contribution in [2.45, 2.75) is 284 Å². The van der Waals surface area contributed by atoms with E-state index in [1.54, 1.807) is 0 Å². The Labute approximate surface area is 410 Å². The lowest BCUT2D eigenvalue weighted by molar-refractivity contribution is -0.163. The maximum Gasteiger partial charge on any atom is 0.306 e. The standard InChI is InChI=1S/C61H108O5/c1-4-7-10-13-16-19-22-25-28-30-32-35-38-41-44-47-50-53-56-64-57-59(66-61(63)55-52-49-46-43-40-37-33-27-24-21-18-15-12-9-6-3)58-65-60(62)54-51-48-45-42-39-36-34-31-29-26-23-20-17-14-11-8-5-2/h8-9,11-12,17-18,20-21,26-27,29,33,59H,4-7,10,13-16,19,22-25,28,30-32,34-58H2,1-3H3/b11-8-,12-9-,20-17-,21-18-,29-26-,33-27-. The third-order valence-corrected chi connectivity index (χ3v) is 12.2. The first-order valence-electron chi connectivity index (χ1n) is 28.5. The monoisotopic (exact) mass is 921 g/mol. The minimum atomic E-state index is -0.550. The molecule has 0 aliphatic rings. The van der Waals surface area contributed by atoms with Crippen LogP contribution in [0, 0.1) is 0 Å². The van der Waals surface area contributed by atoms with Crippen molar-refractivity contribution in [2.75, 3.05) is 19.8 Å². The SMILES string of the molecule is CC/C=C\C/C=C\C/C=C\CCCCCCCCCC(=O)OCC(COCCCCCCCCCCCCCCCCCCCC)OC(=O)CCCCCCC/C=C\C/C=C\C/C=C\CC. The fourth-order valence-electron chi connectivity index (χ4n) is 8.07. The molecule has 1 atom stereocenters. The van der Waals surface area contributed by atoms with Gasteiger partial charge in [0.15, 0.2) is 6.10 Å². The summed E-state index contributed by atoms with van der Waals surface area (Å²) in [5.41, 5.74) is 0. The maximum atomic E-state index is 12.8. The Morgan fingerprint density at radius 2 is 0.682 bits per heavy atom. The van der Waals surface area contributed by atoms with Gasteiger partial charge in [0.1, 0.15) is 6.61 Å². The zero-order valence-corrected chi connectivity index (χ0v) is 44.0. The second-order valence-electron chi connectivity index (χ2n) is 18.8. The van der Waals surface area contributed by atoms with Gasteiger partial charge in [-0.2, -0.15) is 0 Å². The van der Waals surface area contributed by atoms with Crippen molar-refractivity contribution in [1.29, 1.82) is 0 Å². The zero-order chi connectivity index (χ0) is 47.7. The van der Waals surface area contributed by atoms with E-state index in [2.05, 4.69) is 93.7 Å². The van der Waals surface area contributed by atoms with Crippen LogP contribution in [-0.2, 0) is 23.8 Å². The van der Waals surface area contributed by atoms with Gasteiger partial charge in [0.25, 0.3) is 0 Å². The normalized spacial score (nSPS) is 12.7. The lowest BCUT2D eigenvalue weighted by Gasteiger charge is -2.18. The van der Waals surface area contributed by atoms with Gasteiger partial charge < -0.3 is 14.2 Å². The van der Waals surface area contributed by atoms with Crippen LogP contribution in [0.15, 0.2) is 72.9 Å². The number of unbranched alkanes of at least 4 members (excludes halogenated alkanes) is 29. The van der Waals surface area contributed by atoms with E-state index < -0.39 is 6.10 Å². The highest BCUT2D eigenvalue weighted by atomic mass is 16.6. The molecule has 66 heavy (non-hydrogen) atoms. The average Bonchev–Trinajstić information content (AvgIpc) is 3.32. The van der Waals surface area contributed by atoms with Crippen molar-refractivity contribution in [3.8, 4) is 0 Å². The second-order valence-corrected chi connectivity index (χ2v) is 18.8. The molecule has 0 radical (unpaired) electrons. The van der Waals surface area contributed by atoms with E-state index >= 15 is 0 Å². The predicted molar refractivity (Wildman–Crippen MR) is 288 cm³/mol. The van der Waals surface area contributed by atoms with E-state index in [1.807, 2.05) is 0 Å². The van der Waals surface area contributed by atoms with Gasteiger partial charge in [0.05, 0.1) is 6.61 Å². The molecule has 0 aliphatic heterocycles. The summed E-state index contributed by atoms with van der Waals surface area (Å²) in [4.78, 5) is 25.5. The van der Waals surface area contributed by atoms with Crippen LogP contribution in [0.4, 0.5) is 0 Å². The third-order valence-electron chi connectivity index (χ3n) is 12.2. The summed E-state index contributed by atoms with van der Waals surface area (Å²) in [6.07, 6.45) is 73.5. The van der Waals surface area contributed by atoms with Crippen molar-refractivity contribution in [3.63, 3.8) is 0 Å². The molecule has 0 bridgehead atoms. The van der Waals surface area contributed by atoms with E-state index in [0.29, 0.717) is 19.4 Å². The number of esters is 2. The molecule has 0 aromatic carbocycles. The van der Waals surface area contributed by atoms with E-state index in [0.717, 1.165) is 103 Å². The Morgan fingerprint density at radius 3 is 1.09 bits per heavy atom. The van der Waals surface area contributed by atoms with Crippen LogP contribution in [0.3, 0.4) is 0 Å². The Kier molecular flexibility index (Phi) is 54.4. The predicted octanol–water partition coefficient (Wildman–Crippen LogP) is 19.5. The number of ether oxygens (including phenoxy) is 3. The summed E-state index contributed by atoms with van der Waals surface area (Å²) in [5, 5.41) is 0. The van der Waals surface area contributed by atoms with Crippen molar-refractivity contribution in [1.82, 2.24) is 0 Å². The highest BCUT2D eigenvalue weighted by Crippen LogP contribution is 2.16. The highest BCUT2D eigenvalue weighted by Gasteiger charge is 2.17. The molecule has 5 heteroatoms. The van der Waals surface area contributed by atoms with Gasteiger partial charge in [-0.1, -0.05) is 254 Å². The second kappa shape index (κ2) is 56.7. The summed E-state index contributed by atoms with van der Waals surface area (Å²) in [6, 6.07) is 0. The van der Waals surface area contributed by atoms with Gasteiger partial charge in [-0.3, -0.25) is 9.59 Å². The van der Waals surface area contributed by atoms with E-state index in [9.17, 15) is 9.59 Å². The Hall–Kier alpha value is -2.66. The summed E-state index contributed by atoms with van der Waals surface area (Å²) >= 11 is 0. The molecular formula is C61H108O5. The van der Waals surface area contributed by atoms with E-state index in [1.165, 1.54) is 141 Å². The number of hydrogen-bond acceptors (Lipinski definition) is 5. The minimum Gasteiger partial charge on any atom is -0.462 e. The number of carbonyl (C=O) groups is 2. The molecule has 0 amide bonds. The first-order valence-corrected chi connectivity index (χ1v) is 28.5. The molecule has 1 unspecified atom stereocenters. The van der Waals surface area contributed by atoms with E-state index in [-0.39, 0.29) is 25.2 Å². The van der Waals surface area contributed by atoms with Gasteiger partial charge in [-0.15, -0.1) is 0 Å². The molecule has 0 rings (SSSR count). The average molecular weight is 922 g/mol. The summed E-state index contributed by atoms with van der Waals surface area (Å²) < 4.78 is 17.5. The minimum absolute atomic E-state index is 0.0734. The Balaban J connectivity index is 4.28. The number of rotatable bonds is 52. The van der Waals surface area contributed by atoms with Crippen molar-refractivity contribution in [3.05, 3.63) is 72.9 Å². The van der Waals surface area contributed by atoms with Crippen LogP contribution < -0.4 is 0 Å². The lowest BCUT2D eigenvalue weighted by atomic mass is 10.0. The largest absolute Gasteiger partial charge is 0.462 e. The molecule has 0 N–H and O–H groups in total. The van der Waals surface area contributed by atoms with Crippen LogP contribution >= 0.6 is 0 Å². The molecule has 0 fully saturated rings. The topological polar surface area (TPSA) is 61.8 Å². The van der Waals surface area contributed by atoms with Gasteiger partial charge in [-0.05, 0) is 83.5 Å². The van der Waals surface area contributed by atoms with Crippen molar-refractivity contribution in [2.24, 2.45) is 0 Å². The molecule has 382 valence electrons. The Bertz CT molecular complexity index is 1180. The quantitative estimate of drug-likeness (QED) is 0.0346. The lowest BCUT2D eigenvalue weighted by Crippen LogP contribution is -2.30. The van der Waals surface area contributed by atoms with Gasteiger partial charge in [0.2, 0.25) is 0 Å². The van der Waals surface area contributed by atoms with Gasteiger partial charge in [0, 0.05) is 19.4 Å². The fraction of sp³-hybridized carbons (Fsp3) is 0.770. The third kappa shape index (κ3) is 54.0. The zero-order valence-electron chi connectivity index (χ0n) is 44.0. The first-order chi connectivity index (χ1) is 32.6.